The molecule has 0 amide bonds. The van der Waals surface area contributed by atoms with Crippen LogP contribution in [0.2, 0.25) is 5.02 Å². The van der Waals surface area contributed by atoms with Crippen LogP contribution in [0.1, 0.15) is 26.0 Å². The van der Waals surface area contributed by atoms with Gasteiger partial charge in [-0.1, -0.05) is 25.4 Å². The SMILES string of the molecule is CCCNc1nc(-c2ccc(O)c(Cl)c2)nc(CC)c1Br. The van der Waals surface area contributed by atoms with Gasteiger partial charge in [0.2, 0.25) is 0 Å². The van der Waals surface area contributed by atoms with E-state index in [4.69, 9.17) is 11.6 Å². The van der Waals surface area contributed by atoms with Gasteiger partial charge in [0, 0.05) is 12.1 Å². The van der Waals surface area contributed by atoms with Gasteiger partial charge in [0.15, 0.2) is 5.82 Å². The van der Waals surface area contributed by atoms with Crippen LogP contribution in [0.25, 0.3) is 11.4 Å². The topological polar surface area (TPSA) is 58.0 Å². The van der Waals surface area contributed by atoms with Crippen molar-refractivity contribution in [2.75, 3.05) is 11.9 Å². The van der Waals surface area contributed by atoms with E-state index in [1.54, 1.807) is 18.2 Å². The van der Waals surface area contributed by atoms with E-state index in [2.05, 4.69) is 38.1 Å². The average molecular weight is 371 g/mol. The van der Waals surface area contributed by atoms with Crippen molar-refractivity contribution in [3.8, 4) is 17.1 Å². The third-order valence-electron chi connectivity index (χ3n) is 3.00. The summed E-state index contributed by atoms with van der Waals surface area (Å²) in [5, 5.41) is 13.1. The minimum atomic E-state index is 0.0533. The number of aromatic hydroxyl groups is 1. The largest absolute Gasteiger partial charge is 0.506 e. The first-order valence-electron chi connectivity index (χ1n) is 6.86. The Morgan fingerprint density at radius 1 is 1.29 bits per heavy atom. The second-order valence-corrected chi connectivity index (χ2v) is 5.80. The highest BCUT2D eigenvalue weighted by Gasteiger charge is 2.13. The molecule has 1 aromatic heterocycles. The van der Waals surface area contributed by atoms with Gasteiger partial charge in [-0.05, 0) is 47.0 Å². The fraction of sp³-hybridized carbons (Fsp3) is 0.333. The van der Waals surface area contributed by atoms with Gasteiger partial charge in [0.25, 0.3) is 0 Å². The van der Waals surface area contributed by atoms with E-state index < -0.39 is 0 Å². The number of hydrogen-bond acceptors (Lipinski definition) is 4. The molecular formula is C15H17BrClN3O. The molecule has 0 unspecified atom stereocenters. The number of benzene rings is 1. The number of aryl methyl sites for hydroxylation is 1. The highest BCUT2D eigenvalue weighted by atomic mass is 79.9. The summed E-state index contributed by atoms with van der Waals surface area (Å²) in [4.78, 5) is 9.11. The highest BCUT2D eigenvalue weighted by molar-refractivity contribution is 9.10. The summed E-state index contributed by atoms with van der Waals surface area (Å²) in [5.41, 5.74) is 1.71. The van der Waals surface area contributed by atoms with Gasteiger partial charge in [-0.2, -0.15) is 0 Å². The summed E-state index contributed by atoms with van der Waals surface area (Å²) in [6, 6.07) is 4.98. The first-order valence-corrected chi connectivity index (χ1v) is 8.03. The van der Waals surface area contributed by atoms with Gasteiger partial charge in [0.05, 0.1) is 15.2 Å². The second kappa shape index (κ2) is 7.09. The molecule has 2 rings (SSSR count). The van der Waals surface area contributed by atoms with E-state index in [0.29, 0.717) is 10.8 Å². The van der Waals surface area contributed by atoms with E-state index in [1.807, 2.05) is 6.92 Å². The number of phenolic OH excluding ortho intramolecular Hbond substituents is 1. The van der Waals surface area contributed by atoms with Crippen LogP contribution in [0, 0.1) is 0 Å². The zero-order valence-electron chi connectivity index (χ0n) is 12.0. The second-order valence-electron chi connectivity index (χ2n) is 4.60. The van der Waals surface area contributed by atoms with Crippen LogP contribution in [0.4, 0.5) is 5.82 Å². The van der Waals surface area contributed by atoms with Crippen LogP contribution in [0.15, 0.2) is 22.7 Å². The van der Waals surface area contributed by atoms with Crippen LogP contribution >= 0.6 is 27.5 Å². The van der Waals surface area contributed by atoms with Crippen LogP contribution < -0.4 is 5.32 Å². The Labute approximate surface area is 137 Å². The normalized spacial score (nSPS) is 10.7. The van der Waals surface area contributed by atoms with Crippen molar-refractivity contribution < 1.29 is 5.11 Å². The minimum absolute atomic E-state index is 0.0533. The quantitative estimate of drug-likeness (QED) is 0.804. The fourth-order valence-electron chi connectivity index (χ4n) is 1.86. The van der Waals surface area contributed by atoms with Crippen molar-refractivity contribution in [3.63, 3.8) is 0 Å². The molecule has 0 aliphatic rings. The maximum atomic E-state index is 9.51. The molecule has 1 heterocycles. The van der Waals surface area contributed by atoms with E-state index in [0.717, 1.165) is 40.9 Å². The Bertz CT molecular complexity index is 649. The van der Waals surface area contributed by atoms with E-state index in [-0.39, 0.29) is 5.75 Å². The molecule has 0 aliphatic carbocycles. The lowest BCUT2D eigenvalue weighted by Crippen LogP contribution is -2.07. The Hall–Kier alpha value is -1.33. The lowest BCUT2D eigenvalue weighted by atomic mass is 10.2. The zero-order chi connectivity index (χ0) is 15.4. The number of rotatable bonds is 5. The molecule has 2 N–H and O–H groups in total. The molecule has 4 nitrogen and oxygen atoms in total. The molecule has 0 aliphatic heterocycles. The number of nitrogens with zero attached hydrogens (tertiary/aromatic N) is 2. The van der Waals surface area contributed by atoms with Crippen LogP contribution in [-0.2, 0) is 6.42 Å². The molecule has 112 valence electrons. The molecule has 21 heavy (non-hydrogen) atoms. The first-order chi connectivity index (χ1) is 10.1. The Balaban J connectivity index is 2.49. The van der Waals surface area contributed by atoms with Gasteiger partial charge in [-0.25, -0.2) is 9.97 Å². The number of aromatic nitrogens is 2. The molecule has 0 fully saturated rings. The summed E-state index contributed by atoms with van der Waals surface area (Å²) in [6.07, 6.45) is 1.81. The predicted molar refractivity (Wildman–Crippen MR) is 90.0 cm³/mol. The standard InChI is InChI=1S/C15H17BrClN3O/c1-3-7-18-15-13(16)11(4-2)19-14(20-15)9-5-6-12(21)10(17)8-9/h5-6,8,21H,3-4,7H2,1-2H3,(H,18,19,20). The first kappa shape index (κ1) is 16.0. The predicted octanol–water partition coefficient (Wildman–Crippen LogP) is 4.65. The molecule has 6 heteroatoms. The summed E-state index contributed by atoms with van der Waals surface area (Å²) in [6.45, 7) is 4.99. The summed E-state index contributed by atoms with van der Waals surface area (Å²) >= 11 is 9.51. The van der Waals surface area contributed by atoms with Gasteiger partial charge in [-0.15, -0.1) is 0 Å². The molecule has 0 saturated heterocycles. The van der Waals surface area contributed by atoms with Crippen LogP contribution in [-0.4, -0.2) is 21.6 Å². The van der Waals surface area contributed by atoms with Gasteiger partial charge in [0.1, 0.15) is 11.6 Å². The summed E-state index contributed by atoms with van der Waals surface area (Å²) in [5.74, 6) is 1.43. The number of anilines is 1. The molecule has 2 aromatic rings. The average Bonchev–Trinajstić information content (AvgIpc) is 2.49. The smallest absolute Gasteiger partial charge is 0.161 e. The monoisotopic (exact) mass is 369 g/mol. The molecule has 0 atom stereocenters. The summed E-state index contributed by atoms with van der Waals surface area (Å²) in [7, 11) is 0. The highest BCUT2D eigenvalue weighted by Crippen LogP contribution is 2.31. The Morgan fingerprint density at radius 3 is 2.67 bits per heavy atom. The maximum absolute atomic E-state index is 9.51. The number of halogens is 2. The zero-order valence-corrected chi connectivity index (χ0v) is 14.3. The minimum Gasteiger partial charge on any atom is -0.506 e. The van der Waals surface area contributed by atoms with Crippen molar-refractivity contribution in [1.29, 1.82) is 0 Å². The van der Waals surface area contributed by atoms with Crippen molar-refractivity contribution in [2.24, 2.45) is 0 Å². The van der Waals surface area contributed by atoms with Gasteiger partial charge < -0.3 is 10.4 Å². The van der Waals surface area contributed by atoms with Crippen molar-refractivity contribution in [2.45, 2.75) is 26.7 Å². The third kappa shape index (κ3) is 3.66. The van der Waals surface area contributed by atoms with Crippen LogP contribution in [0.3, 0.4) is 0 Å². The van der Waals surface area contributed by atoms with Gasteiger partial charge >= 0.3 is 0 Å². The van der Waals surface area contributed by atoms with Crippen molar-refractivity contribution in [3.05, 3.63) is 33.4 Å². The molecule has 0 spiro atoms. The van der Waals surface area contributed by atoms with Crippen molar-refractivity contribution in [1.82, 2.24) is 9.97 Å². The Kier molecular flexibility index (Phi) is 5.42. The molecule has 0 bridgehead atoms. The number of phenols is 1. The van der Waals surface area contributed by atoms with E-state index >= 15 is 0 Å². The lowest BCUT2D eigenvalue weighted by molar-refractivity contribution is 0.475. The molecule has 0 radical (unpaired) electrons. The third-order valence-corrected chi connectivity index (χ3v) is 4.14. The van der Waals surface area contributed by atoms with E-state index in [1.165, 1.54) is 0 Å². The molecule has 1 aromatic carbocycles. The van der Waals surface area contributed by atoms with Crippen LogP contribution in [0.5, 0.6) is 5.75 Å². The molecule has 0 saturated carbocycles. The van der Waals surface area contributed by atoms with Crippen molar-refractivity contribution >= 4 is 33.3 Å². The number of nitrogens with one attached hydrogen (secondary N) is 1. The van der Waals surface area contributed by atoms with E-state index in [9.17, 15) is 5.11 Å². The maximum Gasteiger partial charge on any atom is 0.161 e. The Morgan fingerprint density at radius 2 is 2.05 bits per heavy atom. The number of hydrogen-bond donors (Lipinski definition) is 2. The fourth-order valence-corrected chi connectivity index (χ4v) is 2.64. The lowest BCUT2D eigenvalue weighted by Gasteiger charge is -2.12. The summed E-state index contributed by atoms with van der Waals surface area (Å²) < 4.78 is 0.895. The van der Waals surface area contributed by atoms with Gasteiger partial charge in [-0.3, -0.25) is 0 Å². The molecular weight excluding hydrogens is 354 g/mol.